The lowest BCUT2D eigenvalue weighted by molar-refractivity contribution is -0.138. The summed E-state index contributed by atoms with van der Waals surface area (Å²) in [5.41, 5.74) is 2.89. The summed E-state index contributed by atoms with van der Waals surface area (Å²) in [5.74, 6) is -1.15. The fourth-order valence-corrected chi connectivity index (χ4v) is 5.70. The van der Waals surface area contributed by atoms with Crippen LogP contribution in [-0.2, 0) is 21.4 Å². The van der Waals surface area contributed by atoms with Gasteiger partial charge in [-0.2, -0.15) is 9.82 Å². The molecule has 1 atom stereocenters. The first-order valence-corrected chi connectivity index (χ1v) is 15.1. The molecular weight excluding hydrogens is 568 g/mol. The molecule has 2 aromatic heterocycles. The first kappa shape index (κ1) is 29.4. The van der Waals surface area contributed by atoms with E-state index in [1.807, 2.05) is 53.2 Å². The van der Waals surface area contributed by atoms with Crippen molar-refractivity contribution in [2.24, 2.45) is 0 Å². The fourth-order valence-electron chi connectivity index (χ4n) is 4.51. The van der Waals surface area contributed by atoms with Gasteiger partial charge in [-0.15, -0.1) is 0 Å². The van der Waals surface area contributed by atoms with E-state index in [4.69, 9.17) is 0 Å². The number of rotatable bonds is 13. The molecule has 0 fully saturated rings. The quantitative estimate of drug-likeness (QED) is 0.149. The Hall–Kier alpha value is -5.07. The number of aryl methyl sites for hydroxylation is 1. The second-order valence-electron chi connectivity index (χ2n) is 9.75. The molecule has 4 N–H and O–H groups in total. The van der Waals surface area contributed by atoms with Gasteiger partial charge in [0.1, 0.15) is 11.9 Å². The Labute approximate surface area is 248 Å². The average Bonchev–Trinajstić information content (AvgIpc) is 3.44. The zero-order chi connectivity index (χ0) is 30.2. The van der Waals surface area contributed by atoms with E-state index in [2.05, 4.69) is 25.4 Å². The third-order valence-corrected chi connectivity index (χ3v) is 8.24. The standard InChI is InChI=1S/C31H30N6O5S/c38-30(24-12-15-28-25(19-24)20-35-37(28)18-6-17-33-29-9-4-5-16-32-29)34-21-27(31(39)40)36-43(41,42)26-13-10-23(11-14-26)22-7-2-1-3-8-22/h1-5,7-16,19-20,27,36H,6,17-18,21H2,(H,32,33)(H,34,38)(H,39,40). The molecule has 12 heteroatoms. The van der Waals surface area contributed by atoms with E-state index in [9.17, 15) is 23.1 Å². The highest BCUT2D eigenvalue weighted by molar-refractivity contribution is 7.89. The van der Waals surface area contributed by atoms with Gasteiger partial charge in [0.25, 0.3) is 5.91 Å². The maximum atomic E-state index is 12.9. The lowest BCUT2D eigenvalue weighted by atomic mass is 10.1. The lowest BCUT2D eigenvalue weighted by Gasteiger charge is -2.16. The van der Waals surface area contributed by atoms with Gasteiger partial charge in [0, 0.05) is 36.8 Å². The van der Waals surface area contributed by atoms with Crippen molar-refractivity contribution in [1.82, 2.24) is 24.8 Å². The Bertz CT molecular complexity index is 1810. The largest absolute Gasteiger partial charge is 0.480 e. The van der Waals surface area contributed by atoms with Crippen molar-refractivity contribution in [3.63, 3.8) is 0 Å². The molecule has 11 nitrogen and oxygen atoms in total. The van der Waals surface area contributed by atoms with Crippen molar-refractivity contribution in [1.29, 1.82) is 0 Å². The van der Waals surface area contributed by atoms with Gasteiger partial charge in [0.2, 0.25) is 10.0 Å². The number of hydrogen-bond donors (Lipinski definition) is 4. The molecule has 0 aliphatic rings. The number of aliphatic carboxylic acids is 1. The highest BCUT2D eigenvalue weighted by Crippen LogP contribution is 2.21. The number of pyridine rings is 1. The number of nitrogens with zero attached hydrogens (tertiary/aromatic N) is 3. The van der Waals surface area contributed by atoms with Crippen LogP contribution in [0.15, 0.2) is 108 Å². The molecule has 0 radical (unpaired) electrons. The number of benzene rings is 3. The summed E-state index contributed by atoms with van der Waals surface area (Å²) in [4.78, 5) is 28.9. The van der Waals surface area contributed by atoms with Crippen LogP contribution in [0.5, 0.6) is 0 Å². The highest BCUT2D eigenvalue weighted by Gasteiger charge is 2.26. The van der Waals surface area contributed by atoms with E-state index in [-0.39, 0.29) is 4.90 Å². The third kappa shape index (κ3) is 7.42. The lowest BCUT2D eigenvalue weighted by Crippen LogP contribution is -2.48. The summed E-state index contributed by atoms with van der Waals surface area (Å²) in [6.45, 7) is 0.923. The summed E-state index contributed by atoms with van der Waals surface area (Å²) in [6, 6.07) is 24.7. The van der Waals surface area contributed by atoms with Crippen LogP contribution in [0.4, 0.5) is 5.82 Å². The summed E-state index contributed by atoms with van der Waals surface area (Å²) in [5, 5.41) is 20.6. The minimum atomic E-state index is -4.17. The van der Waals surface area contributed by atoms with E-state index in [1.165, 1.54) is 12.1 Å². The molecule has 0 saturated heterocycles. The molecule has 43 heavy (non-hydrogen) atoms. The van der Waals surface area contributed by atoms with Crippen LogP contribution in [0.25, 0.3) is 22.0 Å². The maximum absolute atomic E-state index is 12.9. The fraction of sp³-hybridized carbons (Fsp3) is 0.161. The number of fused-ring (bicyclic) bond motifs is 1. The number of aromatic nitrogens is 3. The van der Waals surface area contributed by atoms with Crippen molar-refractivity contribution in [3.05, 3.63) is 109 Å². The van der Waals surface area contributed by atoms with Gasteiger partial charge in [0.15, 0.2) is 0 Å². The third-order valence-electron chi connectivity index (χ3n) is 6.76. The van der Waals surface area contributed by atoms with E-state index in [0.29, 0.717) is 18.7 Å². The molecule has 2 heterocycles. The van der Waals surface area contributed by atoms with E-state index in [1.54, 1.807) is 42.7 Å². The molecule has 0 spiro atoms. The number of amides is 1. The van der Waals surface area contributed by atoms with Gasteiger partial charge < -0.3 is 15.7 Å². The second kappa shape index (κ2) is 13.3. The Morgan fingerprint density at radius 2 is 1.65 bits per heavy atom. The number of carbonyl (C=O) groups excluding carboxylic acids is 1. The SMILES string of the molecule is O=C(NCC(NS(=O)(=O)c1ccc(-c2ccccc2)cc1)C(=O)O)c1ccc2c(cnn2CCCNc2ccccn2)c1. The normalized spacial score (nSPS) is 12.1. The van der Waals surface area contributed by atoms with Crippen LogP contribution < -0.4 is 15.4 Å². The average molecular weight is 599 g/mol. The van der Waals surface area contributed by atoms with Gasteiger partial charge in [-0.25, -0.2) is 13.4 Å². The van der Waals surface area contributed by atoms with Crippen LogP contribution in [0, 0.1) is 0 Å². The molecule has 5 aromatic rings. The van der Waals surface area contributed by atoms with Gasteiger partial charge >= 0.3 is 5.97 Å². The summed E-state index contributed by atoms with van der Waals surface area (Å²) >= 11 is 0. The van der Waals surface area contributed by atoms with Crippen LogP contribution in [0.2, 0.25) is 0 Å². The minimum Gasteiger partial charge on any atom is -0.480 e. The molecule has 0 bridgehead atoms. The number of carboxylic acid groups (broad SMARTS) is 1. The number of anilines is 1. The van der Waals surface area contributed by atoms with Gasteiger partial charge in [-0.05, 0) is 60.0 Å². The highest BCUT2D eigenvalue weighted by atomic mass is 32.2. The summed E-state index contributed by atoms with van der Waals surface area (Å²) in [7, 11) is -4.17. The zero-order valence-electron chi connectivity index (χ0n) is 23.1. The Balaban J connectivity index is 1.17. The molecule has 0 aliphatic carbocycles. The predicted octanol–water partition coefficient (Wildman–Crippen LogP) is 3.76. The predicted molar refractivity (Wildman–Crippen MR) is 163 cm³/mol. The number of carboxylic acids is 1. The van der Waals surface area contributed by atoms with E-state index >= 15 is 0 Å². The number of sulfonamides is 1. The monoisotopic (exact) mass is 598 g/mol. The van der Waals surface area contributed by atoms with Crippen LogP contribution >= 0.6 is 0 Å². The molecule has 5 rings (SSSR count). The second-order valence-corrected chi connectivity index (χ2v) is 11.5. The first-order chi connectivity index (χ1) is 20.8. The van der Waals surface area contributed by atoms with Crippen LogP contribution in [0.1, 0.15) is 16.8 Å². The molecular formula is C31H30N6O5S. The number of hydrogen-bond acceptors (Lipinski definition) is 7. The van der Waals surface area contributed by atoms with Crippen LogP contribution in [-0.4, -0.2) is 59.3 Å². The van der Waals surface area contributed by atoms with E-state index < -0.39 is 34.5 Å². The first-order valence-electron chi connectivity index (χ1n) is 13.6. The van der Waals surface area contributed by atoms with Crippen molar-refractivity contribution >= 4 is 38.6 Å². The molecule has 3 aromatic carbocycles. The van der Waals surface area contributed by atoms with Crippen molar-refractivity contribution < 1.29 is 23.1 Å². The van der Waals surface area contributed by atoms with Crippen molar-refractivity contribution in [2.45, 2.75) is 23.9 Å². The van der Waals surface area contributed by atoms with Crippen molar-refractivity contribution in [2.75, 3.05) is 18.4 Å². The molecule has 220 valence electrons. The van der Waals surface area contributed by atoms with Crippen LogP contribution in [0.3, 0.4) is 0 Å². The van der Waals surface area contributed by atoms with Gasteiger partial charge in [0.05, 0.1) is 16.6 Å². The molecule has 1 amide bonds. The maximum Gasteiger partial charge on any atom is 0.323 e. The van der Waals surface area contributed by atoms with Gasteiger partial charge in [-0.1, -0.05) is 48.5 Å². The molecule has 1 unspecified atom stereocenters. The Kier molecular flexibility index (Phi) is 9.08. The summed E-state index contributed by atoms with van der Waals surface area (Å²) in [6.07, 6.45) is 4.19. The topological polar surface area (TPSA) is 155 Å². The zero-order valence-corrected chi connectivity index (χ0v) is 23.9. The van der Waals surface area contributed by atoms with E-state index in [0.717, 1.165) is 34.3 Å². The Morgan fingerprint density at radius 1 is 0.907 bits per heavy atom. The number of carbonyl (C=O) groups is 2. The van der Waals surface area contributed by atoms with Gasteiger partial charge in [-0.3, -0.25) is 14.3 Å². The van der Waals surface area contributed by atoms with Crippen molar-refractivity contribution in [3.8, 4) is 11.1 Å². The Morgan fingerprint density at radius 3 is 2.37 bits per heavy atom. The molecule has 0 saturated carbocycles. The smallest absolute Gasteiger partial charge is 0.323 e. The summed E-state index contributed by atoms with van der Waals surface area (Å²) < 4.78 is 29.9. The molecule has 0 aliphatic heterocycles. The minimum absolute atomic E-state index is 0.0836. The number of nitrogens with one attached hydrogen (secondary N) is 3.